The van der Waals surface area contributed by atoms with Gasteiger partial charge in [-0.15, -0.1) is 11.3 Å². The minimum Gasteiger partial charge on any atom is -0.481 e. The van der Waals surface area contributed by atoms with Crippen LogP contribution in [0.2, 0.25) is 0 Å². The number of amides is 1. The van der Waals surface area contributed by atoms with Crippen molar-refractivity contribution >= 4 is 39.4 Å². The maximum Gasteiger partial charge on any atom is 0.309 e. The van der Waals surface area contributed by atoms with Crippen LogP contribution in [0.1, 0.15) is 31.7 Å². The lowest BCUT2D eigenvalue weighted by Crippen LogP contribution is -2.43. The van der Waals surface area contributed by atoms with Crippen LogP contribution in [0.15, 0.2) is 36.9 Å². The first-order valence-electron chi connectivity index (χ1n) is 12.7. The van der Waals surface area contributed by atoms with Crippen LogP contribution in [0.4, 0.5) is 5.95 Å². The number of hydrogen-bond donors (Lipinski definition) is 2. The van der Waals surface area contributed by atoms with E-state index in [9.17, 15) is 14.7 Å². The predicted molar refractivity (Wildman–Crippen MR) is 148 cm³/mol. The zero-order valence-corrected chi connectivity index (χ0v) is 22.8. The summed E-state index contributed by atoms with van der Waals surface area (Å²) < 4.78 is 6.37. The first-order chi connectivity index (χ1) is 18.8. The number of anilines is 1. The van der Waals surface area contributed by atoms with Gasteiger partial charge in [0.15, 0.2) is 0 Å². The topological polar surface area (TPSA) is 143 Å². The van der Waals surface area contributed by atoms with Crippen molar-refractivity contribution < 1.29 is 19.4 Å². The van der Waals surface area contributed by atoms with Crippen molar-refractivity contribution in [3.63, 3.8) is 0 Å². The van der Waals surface area contributed by atoms with Crippen LogP contribution in [-0.2, 0) is 16.0 Å². The number of aliphatic carboxylic acids is 1. The molecule has 3 aromatic heterocycles. The normalized spacial score (nSPS) is 14.8. The Kier molecular flexibility index (Phi) is 7.38. The van der Waals surface area contributed by atoms with Crippen molar-refractivity contribution in [1.29, 1.82) is 0 Å². The van der Waals surface area contributed by atoms with Gasteiger partial charge in [-0.3, -0.25) is 9.59 Å². The third kappa shape index (κ3) is 5.37. The molecule has 0 unspecified atom stereocenters. The summed E-state index contributed by atoms with van der Waals surface area (Å²) in [6, 6.07) is 3.94. The number of benzene rings is 1. The van der Waals surface area contributed by atoms with E-state index in [0.29, 0.717) is 55.0 Å². The number of carboxylic acids is 1. The van der Waals surface area contributed by atoms with Crippen molar-refractivity contribution in [2.45, 2.75) is 33.1 Å². The van der Waals surface area contributed by atoms with Crippen LogP contribution in [0, 0.1) is 5.41 Å². The number of nitrogens with one attached hydrogen (secondary N) is 1. The molecule has 0 atom stereocenters. The van der Waals surface area contributed by atoms with Crippen molar-refractivity contribution in [3.8, 4) is 28.3 Å². The molecule has 0 radical (unpaired) electrons. The van der Waals surface area contributed by atoms with E-state index >= 15 is 0 Å². The lowest BCUT2D eigenvalue weighted by atomic mass is 9.80. The highest BCUT2D eigenvalue weighted by Crippen LogP contribution is 2.39. The van der Waals surface area contributed by atoms with E-state index in [0.717, 1.165) is 26.9 Å². The van der Waals surface area contributed by atoms with Gasteiger partial charge >= 0.3 is 5.97 Å². The summed E-state index contributed by atoms with van der Waals surface area (Å²) in [4.78, 5) is 48.6. The van der Waals surface area contributed by atoms with E-state index in [2.05, 4.69) is 25.3 Å². The number of thiazole rings is 1. The highest BCUT2D eigenvalue weighted by atomic mass is 32.1. The average Bonchev–Trinajstić information content (AvgIpc) is 3.35. The molecule has 11 nitrogen and oxygen atoms in total. The highest BCUT2D eigenvalue weighted by molar-refractivity contribution is 7.19. The van der Waals surface area contributed by atoms with Gasteiger partial charge in [-0.2, -0.15) is 0 Å². The standard InChI is InChI=1S/C27H29N7O4S/c1-4-28-20(35)13-21-33-19-12-16(11-18(23(19)39-21)22-24(38-3)30-8-7-29-22)17-14-31-26(32-15-17)34-9-5-27(2,6-10-34)25(36)37/h7-8,11-12,14-15H,4-6,9-10,13H2,1-3H3,(H,28,35)(H,36,37). The molecule has 4 heterocycles. The molecule has 0 aliphatic carbocycles. The quantitative estimate of drug-likeness (QED) is 0.336. The summed E-state index contributed by atoms with van der Waals surface area (Å²) >= 11 is 1.44. The van der Waals surface area contributed by atoms with Gasteiger partial charge in [-0.25, -0.2) is 24.9 Å². The Morgan fingerprint density at radius 3 is 2.49 bits per heavy atom. The Morgan fingerprint density at radius 2 is 1.82 bits per heavy atom. The van der Waals surface area contributed by atoms with E-state index in [1.165, 1.54) is 11.3 Å². The molecule has 1 aliphatic heterocycles. The van der Waals surface area contributed by atoms with Crippen molar-refractivity contribution in [2.24, 2.45) is 5.41 Å². The predicted octanol–water partition coefficient (Wildman–Crippen LogP) is 3.59. The highest BCUT2D eigenvalue weighted by Gasteiger charge is 2.37. The lowest BCUT2D eigenvalue weighted by Gasteiger charge is -2.36. The van der Waals surface area contributed by atoms with Gasteiger partial charge in [0.25, 0.3) is 0 Å². The van der Waals surface area contributed by atoms with Gasteiger partial charge in [0, 0.05) is 55.5 Å². The molecule has 1 fully saturated rings. The van der Waals surface area contributed by atoms with Crippen LogP contribution in [0.3, 0.4) is 0 Å². The average molecular weight is 548 g/mol. The summed E-state index contributed by atoms with van der Waals surface area (Å²) in [5.74, 6) is 0.113. The molecule has 1 amide bonds. The molecule has 1 saturated heterocycles. The summed E-state index contributed by atoms with van der Waals surface area (Å²) in [6.45, 7) is 5.39. The largest absolute Gasteiger partial charge is 0.481 e. The van der Waals surface area contributed by atoms with E-state index in [1.807, 2.05) is 24.0 Å². The Balaban J connectivity index is 1.50. The molecule has 12 heteroatoms. The number of carbonyl (C=O) groups is 2. The minimum atomic E-state index is -0.763. The number of aromatic nitrogens is 5. The zero-order chi connectivity index (χ0) is 27.6. The van der Waals surface area contributed by atoms with Crippen LogP contribution >= 0.6 is 11.3 Å². The van der Waals surface area contributed by atoms with Crippen molar-refractivity contribution in [2.75, 3.05) is 31.6 Å². The third-order valence-electron chi connectivity index (χ3n) is 6.97. The fraction of sp³-hybridized carbons (Fsp3) is 0.370. The first-order valence-corrected chi connectivity index (χ1v) is 13.5. The number of carbonyl (C=O) groups excluding carboxylic acids is 1. The smallest absolute Gasteiger partial charge is 0.309 e. The Labute approximate surface area is 229 Å². The van der Waals surface area contributed by atoms with E-state index in [4.69, 9.17) is 9.72 Å². The Morgan fingerprint density at radius 1 is 1.10 bits per heavy atom. The summed E-state index contributed by atoms with van der Waals surface area (Å²) in [6.07, 6.45) is 7.96. The molecule has 202 valence electrons. The number of hydrogen-bond acceptors (Lipinski definition) is 10. The van der Waals surface area contributed by atoms with Crippen molar-refractivity contribution in [3.05, 3.63) is 41.9 Å². The van der Waals surface area contributed by atoms with Gasteiger partial charge in [-0.1, -0.05) is 0 Å². The Hall–Kier alpha value is -4.19. The molecule has 0 bridgehead atoms. The minimum absolute atomic E-state index is 0.0826. The van der Waals surface area contributed by atoms with E-state index < -0.39 is 11.4 Å². The van der Waals surface area contributed by atoms with E-state index in [-0.39, 0.29) is 12.3 Å². The number of methoxy groups -OCH3 is 1. The summed E-state index contributed by atoms with van der Waals surface area (Å²) in [7, 11) is 1.55. The fourth-order valence-electron chi connectivity index (χ4n) is 4.60. The maximum absolute atomic E-state index is 12.2. The molecular weight excluding hydrogens is 518 g/mol. The number of piperidine rings is 1. The molecule has 0 saturated carbocycles. The van der Waals surface area contributed by atoms with Crippen LogP contribution in [0.25, 0.3) is 32.6 Å². The zero-order valence-electron chi connectivity index (χ0n) is 22.0. The molecule has 2 N–H and O–H groups in total. The number of likely N-dealkylation sites (N-methyl/N-ethyl adjacent to an activating group) is 1. The lowest BCUT2D eigenvalue weighted by molar-refractivity contribution is -0.149. The number of ether oxygens (including phenoxy) is 1. The first kappa shape index (κ1) is 26.4. The molecule has 0 spiro atoms. The second-order valence-corrected chi connectivity index (χ2v) is 10.7. The molecule has 1 aromatic carbocycles. The van der Waals surface area contributed by atoms with Crippen molar-refractivity contribution in [1.82, 2.24) is 30.2 Å². The van der Waals surface area contributed by atoms with Gasteiger partial charge in [0.1, 0.15) is 10.7 Å². The fourth-order valence-corrected chi connectivity index (χ4v) is 5.66. The third-order valence-corrected chi connectivity index (χ3v) is 8.08. The molecule has 4 aromatic rings. The molecular formula is C27H29N7O4S. The number of fused-ring (bicyclic) bond motifs is 1. The SMILES string of the molecule is CCNC(=O)Cc1nc2cc(-c3cnc(N4CCC(C)(C(=O)O)CC4)nc3)cc(-c3nccnc3OC)c2s1. The van der Waals surface area contributed by atoms with Crippen LogP contribution in [-0.4, -0.2) is 68.6 Å². The van der Waals surface area contributed by atoms with Crippen LogP contribution < -0.4 is 15.0 Å². The van der Waals surface area contributed by atoms with E-state index in [1.54, 1.807) is 38.8 Å². The maximum atomic E-state index is 12.2. The monoisotopic (exact) mass is 547 g/mol. The number of carboxylic acid groups (broad SMARTS) is 1. The van der Waals surface area contributed by atoms with Gasteiger partial charge < -0.3 is 20.1 Å². The summed E-state index contributed by atoms with van der Waals surface area (Å²) in [5, 5.41) is 13.0. The second-order valence-electron chi connectivity index (χ2n) is 9.65. The molecule has 1 aliphatic rings. The Bertz CT molecular complexity index is 1510. The molecule has 5 rings (SSSR count). The number of rotatable bonds is 8. The number of nitrogens with zero attached hydrogens (tertiary/aromatic N) is 6. The summed E-state index contributed by atoms with van der Waals surface area (Å²) in [5.41, 5.74) is 3.01. The second kappa shape index (κ2) is 10.9. The van der Waals surface area contributed by atoms with Gasteiger partial charge in [0.05, 0.1) is 29.2 Å². The van der Waals surface area contributed by atoms with Gasteiger partial charge in [-0.05, 0) is 44.4 Å². The molecule has 39 heavy (non-hydrogen) atoms. The van der Waals surface area contributed by atoms with Gasteiger partial charge in [0.2, 0.25) is 17.7 Å². The van der Waals surface area contributed by atoms with Crippen LogP contribution in [0.5, 0.6) is 5.88 Å².